The molecule has 1 aromatic carbocycles. The van der Waals surface area contributed by atoms with Gasteiger partial charge in [0.2, 0.25) is 0 Å². The van der Waals surface area contributed by atoms with Crippen LogP contribution >= 0.6 is 23.1 Å². The van der Waals surface area contributed by atoms with Crippen LogP contribution in [0, 0.1) is 6.92 Å². The molecule has 0 spiro atoms. The number of aryl methyl sites for hydroxylation is 1. The number of thiophene rings is 1. The smallest absolute Gasteiger partial charge is 0.115 e. The van der Waals surface area contributed by atoms with E-state index < -0.39 is 0 Å². The Labute approximate surface area is 121 Å². The molecule has 100 valence electrons. The van der Waals surface area contributed by atoms with Crippen LogP contribution in [0.15, 0.2) is 33.9 Å². The van der Waals surface area contributed by atoms with Gasteiger partial charge >= 0.3 is 0 Å². The zero-order valence-corrected chi connectivity index (χ0v) is 12.6. The molecule has 0 saturated carbocycles. The van der Waals surface area contributed by atoms with Crippen molar-refractivity contribution in [1.29, 1.82) is 0 Å². The van der Waals surface area contributed by atoms with Crippen LogP contribution < -0.4 is 5.32 Å². The van der Waals surface area contributed by atoms with Crippen molar-refractivity contribution in [3.8, 4) is 5.75 Å². The highest BCUT2D eigenvalue weighted by Gasteiger charge is 2.26. The number of thioether (sulfide) groups is 1. The van der Waals surface area contributed by atoms with E-state index in [4.69, 9.17) is 0 Å². The molecule has 0 bridgehead atoms. The summed E-state index contributed by atoms with van der Waals surface area (Å²) in [5, 5.41) is 15.9. The fourth-order valence-corrected chi connectivity index (χ4v) is 5.05. The van der Waals surface area contributed by atoms with Crippen LogP contribution in [0.25, 0.3) is 0 Å². The number of hydrogen-bond donors (Lipinski definition) is 2. The first kappa shape index (κ1) is 12.9. The Hall–Kier alpha value is -1.13. The minimum Gasteiger partial charge on any atom is -0.508 e. The summed E-state index contributed by atoms with van der Waals surface area (Å²) in [5.41, 5.74) is 3.61. The van der Waals surface area contributed by atoms with Crippen LogP contribution in [0.2, 0.25) is 0 Å². The molecular formula is C15H17NOS2. The second-order valence-electron chi connectivity index (χ2n) is 5.02. The average Bonchev–Trinajstić information content (AvgIpc) is 2.80. The van der Waals surface area contributed by atoms with Crippen LogP contribution in [0.3, 0.4) is 0 Å². The molecular weight excluding hydrogens is 274 g/mol. The number of phenols is 1. The van der Waals surface area contributed by atoms with Crippen LogP contribution in [-0.2, 0) is 0 Å². The second kappa shape index (κ2) is 5.10. The monoisotopic (exact) mass is 291 g/mol. The maximum atomic E-state index is 9.48. The molecule has 4 heteroatoms. The van der Waals surface area contributed by atoms with Crippen molar-refractivity contribution in [2.75, 3.05) is 5.32 Å². The summed E-state index contributed by atoms with van der Waals surface area (Å²) in [5.74, 6) is 0.326. The quantitative estimate of drug-likeness (QED) is 0.780. The molecule has 0 saturated heterocycles. The predicted molar refractivity (Wildman–Crippen MR) is 83.5 cm³/mol. The molecule has 1 aliphatic heterocycles. The van der Waals surface area contributed by atoms with Crippen LogP contribution in [0.4, 0.5) is 5.69 Å². The minimum absolute atomic E-state index is 0.326. The van der Waals surface area contributed by atoms with Gasteiger partial charge in [-0.05, 0) is 54.1 Å². The van der Waals surface area contributed by atoms with Crippen LogP contribution in [-0.4, -0.2) is 10.4 Å². The standard InChI is InChI=1S/C15H17NOS2/c1-9-7-11(17)3-4-13(9)16-14-8-10(2)19-15-12(14)5-6-18-15/h3-7,10,14,16-17H,8H2,1-2H3/t10-,14?/m0/s1. The number of rotatable bonds is 2. The lowest BCUT2D eigenvalue weighted by Gasteiger charge is -2.29. The van der Waals surface area contributed by atoms with Crippen molar-refractivity contribution < 1.29 is 5.11 Å². The third kappa shape index (κ3) is 2.60. The Balaban J connectivity index is 1.88. The molecule has 2 aromatic rings. The maximum Gasteiger partial charge on any atom is 0.115 e. The first-order chi connectivity index (χ1) is 9.13. The summed E-state index contributed by atoms with van der Waals surface area (Å²) in [4.78, 5) is 0. The Kier molecular flexibility index (Phi) is 3.46. The van der Waals surface area contributed by atoms with Gasteiger partial charge in [-0.2, -0.15) is 0 Å². The summed E-state index contributed by atoms with van der Waals surface area (Å²) in [7, 11) is 0. The summed E-state index contributed by atoms with van der Waals surface area (Å²) in [6.45, 7) is 4.31. The van der Waals surface area contributed by atoms with Gasteiger partial charge in [0.15, 0.2) is 0 Å². The van der Waals surface area contributed by atoms with Gasteiger partial charge in [0.05, 0.1) is 10.3 Å². The van der Waals surface area contributed by atoms with Gasteiger partial charge in [-0.1, -0.05) is 6.92 Å². The first-order valence-electron chi connectivity index (χ1n) is 6.43. The van der Waals surface area contributed by atoms with E-state index in [1.54, 1.807) is 12.1 Å². The topological polar surface area (TPSA) is 32.3 Å². The van der Waals surface area contributed by atoms with E-state index in [1.807, 2.05) is 36.1 Å². The highest BCUT2D eigenvalue weighted by molar-refractivity contribution is 8.01. The van der Waals surface area contributed by atoms with Gasteiger partial charge in [-0.25, -0.2) is 0 Å². The van der Waals surface area contributed by atoms with Gasteiger partial charge in [-0.3, -0.25) is 0 Å². The van der Waals surface area contributed by atoms with E-state index in [-0.39, 0.29) is 0 Å². The van der Waals surface area contributed by atoms with E-state index in [0.29, 0.717) is 17.0 Å². The number of nitrogens with one attached hydrogen (secondary N) is 1. The van der Waals surface area contributed by atoms with Gasteiger partial charge in [0, 0.05) is 10.9 Å². The first-order valence-corrected chi connectivity index (χ1v) is 8.19. The SMILES string of the molecule is Cc1cc(O)ccc1NC1C[C@H](C)Sc2sccc21. The van der Waals surface area contributed by atoms with Gasteiger partial charge in [0.1, 0.15) is 5.75 Å². The lowest BCUT2D eigenvalue weighted by Crippen LogP contribution is -2.19. The number of aromatic hydroxyl groups is 1. The van der Waals surface area contributed by atoms with E-state index >= 15 is 0 Å². The molecule has 3 rings (SSSR count). The molecule has 1 aromatic heterocycles. The normalized spacial score (nSPS) is 22.0. The molecule has 0 fully saturated rings. The van der Waals surface area contributed by atoms with E-state index in [1.165, 1.54) is 9.77 Å². The van der Waals surface area contributed by atoms with Gasteiger partial charge in [-0.15, -0.1) is 23.1 Å². The molecule has 0 aliphatic carbocycles. The highest BCUT2D eigenvalue weighted by Crippen LogP contribution is 2.45. The fraction of sp³-hybridized carbons (Fsp3) is 0.333. The number of fused-ring (bicyclic) bond motifs is 1. The lowest BCUT2D eigenvalue weighted by molar-refractivity contribution is 0.475. The Morgan fingerprint density at radius 1 is 1.32 bits per heavy atom. The molecule has 2 N–H and O–H groups in total. The molecule has 0 radical (unpaired) electrons. The third-order valence-corrected chi connectivity index (χ3v) is 5.79. The maximum absolute atomic E-state index is 9.48. The van der Waals surface area contributed by atoms with Gasteiger partial charge in [0.25, 0.3) is 0 Å². The molecule has 19 heavy (non-hydrogen) atoms. The Bertz CT molecular complexity index is 594. The van der Waals surface area contributed by atoms with Crippen molar-refractivity contribution in [3.63, 3.8) is 0 Å². The number of phenolic OH excluding ortho intramolecular Hbond substituents is 1. The molecule has 1 aliphatic rings. The Morgan fingerprint density at radius 3 is 2.95 bits per heavy atom. The highest BCUT2D eigenvalue weighted by atomic mass is 32.2. The fourth-order valence-electron chi connectivity index (χ4n) is 2.48. The number of benzene rings is 1. The van der Waals surface area contributed by atoms with E-state index in [2.05, 4.69) is 23.7 Å². The third-order valence-electron chi connectivity index (χ3n) is 3.45. The molecule has 2 heterocycles. The largest absolute Gasteiger partial charge is 0.508 e. The predicted octanol–water partition coefficient (Wildman–Crippen LogP) is 4.80. The summed E-state index contributed by atoms with van der Waals surface area (Å²) in [6.07, 6.45) is 1.13. The van der Waals surface area contributed by atoms with Crippen molar-refractivity contribution in [2.24, 2.45) is 0 Å². The molecule has 0 amide bonds. The number of hydrogen-bond acceptors (Lipinski definition) is 4. The van der Waals surface area contributed by atoms with Crippen molar-refractivity contribution in [3.05, 3.63) is 40.8 Å². The summed E-state index contributed by atoms with van der Waals surface area (Å²) in [6, 6.07) is 8.11. The number of anilines is 1. The lowest BCUT2D eigenvalue weighted by atomic mass is 10.0. The summed E-state index contributed by atoms with van der Waals surface area (Å²) < 4.78 is 1.44. The zero-order valence-electron chi connectivity index (χ0n) is 11.0. The van der Waals surface area contributed by atoms with Crippen molar-refractivity contribution in [1.82, 2.24) is 0 Å². The van der Waals surface area contributed by atoms with Crippen molar-refractivity contribution >= 4 is 28.8 Å². The minimum atomic E-state index is 0.326. The van der Waals surface area contributed by atoms with E-state index in [9.17, 15) is 5.11 Å². The molecule has 2 atom stereocenters. The zero-order chi connectivity index (χ0) is 13.4. The van der Waals surface area contributed by atoms with Crippen LogP contribution in [0.5, 0.6) is 5.75 Å². The van der Waals surface area contributed by atoms with E-state index in [0.717, 1.165) is 17.7 Å². The summed E-state index contributed by atoms with van der Waals surface area (Å²) >= 11 is 3.81. The van der Waals surface area contributed by atoms with Crippen molar-refractivity contribution in [2.45, 2.75) is 35.8 Å². The molecule has 1 unspecified atom stereocenters. The Morgan fingerprint density at radius 2 is 2.16 bits per heavy atom. The van der Waals surface area contributed by atoms with Crippen LogP contribution in [0.1, 0.15) is 30.5 Å². The second-order valence-corrected chi connectivity index (χ2v) is 7.65. The molecule has 2 nitrogen and oxygen atoms in total. The average molecular weight is 291 g/mol. The van der Waals surface area contributed by atoms with Gasteiger partial charge < -0.3 is 10.4 Å².